The van der Waals surface area contributed by atoms with Crippen LogP contribution in [0.2, 0.25) is 0 Å². The molecule has 2 aliphatic heterocycles. The van der Waals surface area contributed by atoms with Crippen molar-refractivity contribution in [3.05, 3.63) is 131 Å². The van der Waals surface area contributed by atoms with Crippen LogP contribution in [0.4, 0.5) is 5.69 Å². The lowest BCUT2D eigenvalue weighted by Crippen LogP contribution is -2.57. The summed E-state index contributed by atoms with van der Waals surface area (Å²) >= 11 is 6.97. The van der Waals surface area contributed by atoms with E-state index in [2.05, 4.69) is 41.5 Å². The number of thiocarbonyl (C=S) groups is 1. The van der Waals surface area contributed by atoms with E-state index in [0.717, 1.165) is 52.1 Å². The van der Waals surface area contributed by atoms with Gasteiger partial charge in [0.2, 0.25) is 27.7 Å². The molecular weight excluding hydrogens is 1010 g/mol. The Morgan fingerprint density at radius 1 is 0.867 bits per heavy atom. The highest BCUT2D eigenvalue weighted by Crippen LogP contribution is 2.30. The van der Waals surface area contributed by atoms with Crippen LogP contribution in [0.15, 0.2) is 108 Å². The van der Waals surface area contributed by atoms with Crippen molar-refractivity contribution in [2.75, 3.05) is 44.6 Å². The van der Waals surface area contributed by atoms with Crippen LogP contribution >= 0.6 is 23.6 Å². The average molecular weight is 1080 g/mol. The molecule has 6 N–H and O–H groups in total. The Morgan fingerprint density at radius 2 is 1.57 bits per heavy atom. The number of amides is 4. The van der Waals surface area contributed by atoms with Crippen LogP contribution in [0.1, 0.15) is 105 Å². The number of unbranched alkanes of at least 4 members (excludes halogenated alkanes) is 3. The van der Waals surface area contributed by atoms with Gasteiger partial charge in [-0.2, -0.15) is 4.31 Å². The van der Waals surface area contributed by atoms with E-state index < -0.39 is 39.5 Å². The van der Waals surface area contributed by atoms with Crippen molar-refractivity contribution in [3.8, 4) is 10.4 Å². The zero-order valence-corrected chi connectivity index (χ0v) is 45.8. The number of β-amino-alcohol motifs (C(OH)–C–C–N with tert-alkyl or cyclic N) is 1. The number of hydrogen-bond donors (Lipinski definition) is 6. The van der Waals surface area contributed by atoms with E-state index in [1.165, 1.54) is 9.21 Å². The zero-order valence-electron chi connectivity index (χ0n) is 43.4. The summed E-state index contributed by atoms with van der Waals surface area (Å²) in [5.74, 6) is -1.20. The number of pyridine rings is 1. The third-order valence-electron chi connectivity index (χ3n) is 13.6. The number of anilines is 1. The number of aliphatic hydroxyl groups excluding tert-OH is 1. The lowest BCUT2D eigenvalue weighted by Gasteiger charge is -2.35. The molecule has 4 heterocycles. The first-order valence-corrected chi connectivity index (χ1v) is 28.3. The fourth-order valence-corrected chi connectivity index (χ4v) is 11.6. The van der Waals surface area contributed by atoms with Gasteiger partial charge in [-0.1, -0.05) is 76.1 Å². The molecule has 0 unspecified atom stereocenters. The van der Waals surface area contributed by atoms with E-state index in [1.807, 2.05) is 88.7 Å². The number of aryl methyl sites for hydroxylation is 1. The number of aromatic nitrogens is 2. The second kappa shape index (κ2) is 26.1. The molecular formula is C55H70N10O7S3. The molecule has 5 aromatic rings. The summed E-state index contributed by atoms with van der Waals surface area (Å²) in [5, 5.41) is 26.2. The lowest BCUT2D eigenvalue weighted by atomic mass is 9.85. The Hall–Kier alpha value is -6.16. The van der Waals surface area contributed by atoms with Crippen molar-refractivity contribution in [1.82, 2.24) is 45.3 Å². The van der Waals surface area contributed by atoms with Gasteiger partial charge in [-0.15, -0.1) is 11.3 Å². The predicted octanol–water partition coefficient (Wildman–Crippen LogP) is 6.56. The first-order valence-electron chi connectivity index (χ1n) is 25.6. The third-order valence-corrected chi connectivity index (χ3v) is 16.7. The molecule has 2 aromatic heterocycles. The molecule has 4 atom stereocenters. The average Bonchev–Trinajstić information content (AvgIpc) is 4.02. The molecule has 0 spiro atoms. The fourth-order valence-electron chi connectivity index (χ4n) is 9.18. The number of carbonyl (C=O) groups excluding carboxylic acids is 4. The molecule has 20 heteroatoms. The van der Waals surface area contributed by atoms with Crippen molar-refractivity contribution < 1.29 is 32.7 Å². The number of aliphatic hydroxyl groups is 1. The Balaban J connectivity index is 0.771. The van der Waals surface area contributed by atoms with Gasteiger partial charge < -0.3 is 36.6 Å². The number of nitrogens with one attached hydrogen (secondary N) is 5. The van der Waals surface area contributed by atoms with Crippen LogP contribution in [0, 0.1) is 12.3 Å². The van der Waals surface area contributed by atoms with E-state index in [4.69, 9.17) is 12.2 Å². The SMILES string of the molecule is Cc1ncsc1-c1ccc([C@H](C)NC(=O)[C@@H]2C[C@@H](O)CN2C(=O)[C@@H](NC(=O)CCCCCCNC(=O)c2ccc(CN3CCN(S(=O)(=O)c4ccc(NC(=S)NCc5cccnc5)cc4)CC3)cc2)C(C)(C)C)cc1. The number of rotatable bonds is 21. The normalized spacial score (nSPS) is 17.2. The highest BCUT2D eigenvalue weighted by atomic mass is 32.2. The third kappa shape index (κ3) is 15.7. The van der Waals surface area contributed by atoms with Gasteiger partial charge >= 0.3 is 0 Å². The quantitative estimate of drug-likeness (QED) is 0.0340. The molecule has 0 radical (unpaired) electrons. The van der Waals surface area contributed by atoms with Gasteiger partial charge in [-0.05, 0) is 109 Å². The summed E-state index contributed by atoms with van der Waals surface area (Å²) < 4.78 is 28.5. The van der Waals surface area contributed by atoms with Gasteiger partial charge in [0.25, 0.3) is 5.91 Å². The van der Waals surface area contributed by atoms with Gasteiger partial charge in [0.1, 0.15) is 12.1 Å². The molecule has 0 bridgehead atoms. The molecule has 7 rings (SSSR count). The van der Waals surface area contributed by atoms with Crippen molar-refractivity contribution in [3.63, 3.8) is 0 Å². The number of sulfonamides is 1. The maximum Gasteiger partial charge on any atom is 0.251 e. The molecule has 0 saturated carbocycles. The first kappa shape index (κ1) is 56.6. The molecule has 4 amide bonds. The highest BCUT2D eigenvalue weighted by molar-refractivity contribution is 7.89. The van der Waals surface area contributed by atoms with Gasteiger partial charge in [0.15, 0.2) is 5.11 Å². The van der Waals surface area contributed by atoms with E-state index in [1.54, 1.807) is 60.1 Å². The van der Waals surface area contributed by atoms with Gasteiger partial charge in [0.05, 0.1) is 33.1 Å². The fraction of sp³-hybridized carbons (Fsp3) is 0.436. The van der Waals surface area contributed by atoms with Gasteiger partial charge in [-0.25, -0.2) is 13.4 Å². The van der Waals surface area contributed by atoms with Crippen LogP contribution in [0.5, 0.6) is 0 Å². The summed E-state index contributed by atoms with van der Waals surface area (Å²) in [6.07, 6.45) is 5.80. The number of hydrogen-bond acceptors (Lipinski definition) is 12. The number of nitrogens with zero attached hydrogens (tertiary/aromatic N) is 5. The number of thiazole rings is 1. The van der Waals surface area contributed by atoms with Crippen molar-refractivity contribution in [2.45, 2.75) is 115 Å². The Labute approximate surface area is 450 Å². The van der Waals surface area contributed by atoms with Crippen LogP contribution in [0.25, 0.3) is 10.4 Å². The molecule has 2 saturated heterocycles. The maximum atomic E-state index is 14.1. The summed E-state index contributed by atoms with van der Waals surface area (Å²) in [4.78, 5) is 67.4. The van der Waals surface area contributed by atoms with E-state index in [-0.39, 0.29) is 48.0 Å². The van der Waals surface area contributed by atoms with Crippen molar-refractivity contribution in [1.29, 1.82) is 0 Å². The highest BCUT2D eigenvalue weighted by Gasteiger charge is 2.44. The Bertz CT molecular complexity index is 2840. The minimum absolute atomic E-state index is 0.00353. The first-order chi connectivity index (χ1) is 35.8. The topological polar surface area (TPSA) is 218 Å². The number of benzene rings is 3. The zero-order chi connectivity index (χ0) is 53.7. The summed E-state index contributed by atoms with van der Waals surface area (Å²) in [6, 6.07) is 23.6. The molecule has 2 aliphatic rings. The predicted molar refractivity (Wildman–Crippen MR) is 296 cm³/mol. The second-order valence-electron chi connectivity index (χ2n) is 20.4. The molecule has 0 aliphatic carbocycles. The largest absolute Gasteiger partial charge is 0.391 e. The Kier molecular flexibility index (Phi) is 19.7. The van der Waals surface area contributed by atoms with Gasteiger partial charge in [0, 0.05) is 88.8 Å². The Morgan fingerprint density at radius 3 is 2.23 bits per heavy atom. The minimum atomic E-state index is -3.68. The van der Waals surface area contributed by atoms with Gasteiger partial charge in [-0.3, -0.25) is 29.1 Å². The smallest absolute Gasteiger partial charge is 0.251 e. The van der Waals surface area contributed by atoms with Crippen molar-refractivity contribution in [2.24, 2.45) is 5.41 Å². The summed E-state index contributed by atoms with van der Waals surface area (Å²) in [6.45, 7) is 12.9. The van der Waals surface area contributed by atoms with Crippen molar-refractivity contribution >= 4 is 68.0 Å². The molecule has 3 aromatic carbocycles. The maximum absolute atomic E-state index is 14.1. The molecule has 17 nitrogen and oxygen atoms in total. The van der Waals surface area contributed by atoms with Crippen LogP contribution < -0.4 is 26.6 Å². The molecule has 75 heavy (non-hydrogen) atoms. The number of piperazine rings is 1. The molecule has 2 fully saturated rings. The van der Waals surface area contributed by atoms with E-state index >= 15 is 0 Å². The van der Waals surface area contributed by atoms with Crippen LogP contribution in [-0.4, -0.2) is 124 Å². The second-order valence-corrected chi connectivity index (χ2v) is 23.6. The van der Waals surface area contributed by atoms with Crippen LogP contribution in [-0.2, 0) is 37.5 Å². The molecule has 400 valence electrons. The standard InChI is InChI=1S/C55H70N10O7S3/c1-37(41-17-19-42(20-18-41)49-38(2)59-36-74-49)60-52(69)47-31-45(66)35-65(47)53(70)50(55(3,4)5)62-48(67)12-8-6-7-9-26-57-51(68)43-15-13-39(14-16-43)34-63-27-29-64(30-28-63)75(71,72)46-23-21-44(22-24-46)61-54(73)58-33-40-11-10-25-56-32-40/h10-11,13-25,32,36-37,45,47,50,66H,6-9,12,26-31,33-35H2,1-5H3,(H,57,68)(H,60,69)(H,62,67)(H2,58,61,73)/t37-,45+,47-,50+/m0/s1. The lowest BCUT2D eigenvalue weighted by molar-refractivity contribution is -0.144. The monoisotopic (exact) mass is 1080 g/mol. The number of carbonyl (C=O) groups is 4. The summed E-state index contributed by atoms with van der Waals surface area (Å²) in [7, 11) is -3.68. The minimum Gasteiger partial charge on any atom is -0.391 e. The van der Waals surface area contributed by atoms with E-state index in [0.29, 0.717) is 68.6 Å². The summed E-state index contributed by atoms with van der Waals surface area (Å²) in [5.41, 5.74) is 7.29. The van der Waals surface area contributed by atoms with Crippen LogP contribution in [0.3, 0.4) is 0 Å². The number of likely N-dealkylation sites (tertiary alicyclic amines) is 1. The van der Waals surface area contributed by atoms with E-state index in [9.17, 15) is 32.7 Å².